The largest absolute Gasteiger partial charge is 0.375 e. The molecule has 0 spiro atoms. The standard InChI is InChI=1S/C20H30N2O2/c1-15(19(21)16-7-3-2-4-8-16)20(23)22-13-11-18(12-14-22)24-17-9-5-6-10-17/h2-4,7-8,15,17-19H,5-6,9-14,21H2,1H3. The molecule has 2 unspecified atom stereocenters. The molecule has 1 saturated carbocycles. The van der Waals surface area contributed by atoms with E-state index in [0.29, 0.717) is 12.2 Å². The molecule has 2 aliphatic rings. The molecule has 1 aromatic rings. The van der Waals surface area contributed by atoms with E-state index in [2.05, 4.69) is 0 Å². The van der Waals surface area contributed by atoms with Gasteiger partial charge in [0.25, 0.3) is 0 Å². The molecule has 2 fully saturated rings. The fourth-order valence-electron chi connectivity index (χ4n) is 3.91. The predicted molar refractivity (Wildman–Crippen MR) is 95.5 cm³/mol. The Kier molecular flexibility index (Phi) is 5.90. The van der Waals surface area contributed by atoms with Crippen LogP contribution in [-0.2, 0) is 9.53 Å². The minimum absolute atomic E-state index is 0.172. The molecule has 1 aromatic carbocycles. The third-order valence-corrected chi connectivity index (χ3v) is 5.55. The van der Waals surface area contributed by atoms with Gasteiger partial charge < -0.3 is 15.4 Å². The average molecular weight is 330 g/mol. The van der Waals surface area contributed by atoms with Crippen LogP contribution in [0.5, 0.6) is 0 Å². The summed E-state index contributed by atoms with van der Waals surface area (Å²) in [5.74, 6) is -0.0228. The van der Waals surface area contributed by atoms with E-state index >= 15 is 0 Å². The highest BCUT2D eigenvalue weighted by atomic mass is 16.5. The second-order valence-electron chi connectivity index (χ2n) is 7.29. The topological polar surface area (TPSA) is 55.6 Å². The van der Waals surface area contributed by atoms with Gasteiger partial charge in [0.1, 0.15) is 0 Å². The van der Waals surface area contributed by atoms with Crippen molar-refractivity contribution in [2.75, 3.05) is 13.1 Å². The van der Waals surface area contributed by atoms with Gasteiger partial charge in [-0.05, 0) is 31.2 Å². The van der Waals surface area contributed by atoms with Crippen LogP contribution in [0.25, 0.3) is 0 Å². The molecule has 0 radical (unpaired) electrons. The molecule has 0 aromatic heterocycles. The molecular formula is C20H30N2O2. The first kappa shape index (κ1) is 17.4. The molecule has 24 heavy (non-hydrogen) atoms. The number of nitrogens with two attached hydrogens (primary N) is 1. The van der Waals surface area contributed by atoms with Gasteiger partial charge in [-0.1, -0.05) is 50.1 Å². The third-order valence-electron chi connectivity index (χ3n) is 5.55. The van der Waals surface area contributed by atoms with Gasteiger partial charge in [-0.15, -0.1) is 0 Å². The first-order chi connectivity index (χ1) is 11.6. The second-order valence-corrected chi connectivity index (χ2v) is 7.29. The Balaban J connectivity index is 1.49. The van der Waals surface area contributed by atoms with E-state index in [0.717, 1.165) is 31.5 Å². The van der Waals surface area contributed by atoms with Crippen molar-refractivity contribution in [3.63, 3.8) is 0 Å². The van der Waals surface area contributed by atoms with Crippen molar-refractivity contribution in [2.45, 2.75) is 63.7 Å². The number of carbonyl (C=O) groups is 1. The van der Waals surface area contributed by atoms with Gasteiger partial charge in [0, 0.05) is 19.1 Å². The summed E-state index contributed by atoms with van der Waals surface area (Å²) in [7, 11) is 0. The molecule has 0 bridgehead atoms. The smallest absolute Gasteiger partial charge is 0.227 e. The number of hydrogen-bond acceptors (Lipinski definition) is 3. The first-order valence-electron chi connectivity index (χ1n) is 9.40. The summed E-state index contributed by atoms with van der Waals surface area (Å²) in [5, 5.41) is 0. The van der Waals surface area contributed by atoms with Gasteiger partial charge in [-0.2, -0.15) is 0 Å². The zero-order chi connectivity index (χ0) is 16.9. The lowest BCUT2D eigenvalue weighted by Crippen LogP contribution is -2.45. The molecule has 132 valence electrons. The molecule has 3 rings (SSSR count). The number of nitrogens with zero attached hydrogens (tertiary/aromatic N) is 1. The van der Waals surface area contributed by atoms with E-state index < -0.39 is 0 Å². The summed E-state index contributed by atoms with van der Waals surface area (Å²) in [4.78, 5) is 14.7. The van der Waals surface area contributed by atoms with Gasteiger partial charge >= 0.3 is 0 Å². The highest BCUT2D eigenvalue weighted by molar-refractivity contribution is 5.79. The van der Waals surface area contributed by atoms with Crippen LogP contribution in [0.2, 0.25) is 0 Å². The predicted octanol–water partition coefficient (Wildman–Crippen LogP) is 3.27. The Hall–Kier alpha value is -1.39. The minimum Gasteiger partial charge on any atom is -0.375 e. The maximum absolute atomic E-state index is 12.8. The van der Waals surface area contributed by atoms with Crippen LogP contribution in [-0.4, -0.2) is 36.1 Å². The van der Waals surface area contributed by atoms with Gasteiger partial charge in [0.05, 0.1) is 18.1 Å². The molecule has 4 heteroatoms. The van der Waals surface area contributed by atoms with Gasteiger partial charge in [-0.3, -0.25) is 4.79 Å². The Morgan fingerprint density at radius 1 is 1.08 bits per heavy atom. The number of hydrogen-bond donors (Lipinski definition) is 1. The maximum atomic E-state index is 12.8. The lowest BCUT2D eigenvalue weighted by atomic mass is 9.93. The zero-order valence-corrected chi connectivity index (χ0v) is 14.7. The van der Waals surface area contributed by atoms with Crippen LogP contribution in [0.3, 0.4) is 0 Å². The SMILES string of the molecule is CC(C(=O)N1CCC(OC2CCCC2)CC1)C(N)c1ccccc1. The molecule has 1 heterocycles. The minimum atomic E-state index is -0.244. The molecule has 1 aliphatic carbocycles. The van der Waals surface area contributed by atoms with Crippen LogP contribution < -0.4 is 5.73 Å². The summed E-state index contributed by atoms with van der Waals surface area (Å²) in [5.41, 5.74) is 7.34. The lowest BCUT2D eigenvalue weighted by molar-refractivity contribution is -0.139. The first-order valence-corrected chi connectivity index (χ1v) is 9.40. The fourth-order valence-corrected chi connectivity index (χ4v) is 3.91. The monoisotopic (exact) mass is 330 g/mol. The molecule has 1 saturated heterocycles. The fraction of sp³-hybridized carbons (Fsp3) is 0.650. The van der Waals surface area contributed by atoms with E-state index in [1.165, 1.54) is 25.7 Å². The van der Waals surface area contributed by atoms with E-state index in [1.807, 2.05) is 42.2 Å². The van der Waals surface area contributed by atoms with Crippen LogP contribution in [0.4, 0.5) is 0 Å². The summed E-state index contributed by atoms with van der Waals surface area (Å²) in [6.45, 7) is 3.53. The van der Waals surface area contributed by atoms with Crippen molar-refractivity contribution in [3.8, 4) is 0 Å². The van der Waals surface area contributed by atoms with E-state index in [9.17, 15) is 4.79 Å². The summed E-state index contributed by atoms with van der Waals surface area (Å²) < 4.78 is 6.19. The molecule has 2 N–H and O–H groups in total. The number of piperidine rings is 1. The number of carbonyl (C=O) groups excluding carboxylic acids is 1. The summed E-state index contributed by atoms with van der Waals surface area (Å²) in [6, 6.07) is 9.66. The molecule has 1 amide bonds. The number of likely N-dealkylation sites (tertiary alicyclic amines) is 1. The highest BCUT2D eigenvalue weighted by Gasteiger charge is 2.31. The van der Waals surface area contributed by atoms with Crippen molar-refractivity contribution in [2.24, 2.45) is 11.7 Å². The Bertz CT molecular complexity index is 520. The Morgan fingerprint density at radius 3 is 2.29 bits per heavy atom. The van der Waals surface area contributed by atoms with E-state index in [-0.39, 0.29) is 17.9 Å². The number of amides is 1. The third kappa shape index (κ3) is 4.17. The molecule has 1 aliphatic heterocycles. The number of rotatable bonds is 5. The zero-order valence-electron chi connectivity index (χ0n) is 14.7. The number of ether oxygens (including phenoxy) is 1. The Morgan fingerprint density at radius 2 is 1.67 bits per heavy atom. The summed E-state index contributed by atoms with van der Waals surface area (Å²) in [6.07, 6.45) is 7.72. The van der Waals surface area contributed by atoms with Crippen LogP contribution in [0.1, 0.15) is 57.1 Å². The van der Waals surface area contributed by atoms with Crippen LogP contribution in [0, 0.1) is 5.92 Å². The highest BCUT2D eigenvalue weighted by Crippen LogP contribution is 2.27. The Labute approximate surface area is 145 Å². The summed E-state index contributed by atoms with van der Waals surface area (Å²) >= 11 is 0. The number of benzene rings is 1. The van der Waals surface area contributed by atoms with Crippen molar-refractivity contribution in [3.05, 3.63) is 35.9 Å². The second kappa shape index (κ2) is 8.13. The van der Waals surface area contributed by atoms with Gasteiger partial charge in [-0.25, -0.2) is 0 Å². The lowest BCUT2D eigenvalue weighted by Gasteiger charge is -2.35. The molecule has 2 atom stereocenters. The maximum Gasteiger partial charge on any atom is 0.227 e. The van der Waals surface area contributed by atoms with E-state index in [4.69, 9.17) is 10.5 Å². The van der Waals surface area contributed by atoms with Crippen molar-refractivity contribution in [1.29, 1.82) is 0 Å². The molecule has 4 nitrogen and oxygen atoms in total. The van der Waals surface area contributed by atoms with Crippen LogP contribution in [0.15, 0.2) is 30.3 Å². The normalized spacial score (nSPS) is 22.5. The van der Waals surface area contributed by atoms with Gasteiger partial charge in [0.2, 0.25) is 5.91 Å². The van der Waals surface area contributed by atoms with Crippen LogP contribution >= 0.6 is 0 Å². The van der Waals surface area contributed by atoms with Crippen molar-refractivity contribution < 1.29 is 9.53 Å². The van der Waals surface area contributed by atoms with Crippen molar-refractivity contribution in [1.82, 2.24) is 4.90 Å². The quantitative estimate of drug-likeness (QED) is 0.901. The average Bonchev–Trinajstić information content (AvgIpc) is 3.14. The molecular weight excluding hydrogens is 300 g/mol. The van der Waals surface area contributed by atoms with E-state index in [1.54, 1.807) is 0 Å². The van der Waals surface area contributed by atoms with Gasteiger partial charge in [0.15, 0.2) is 0 Å². The van der Waals surface area contributed by atoms with Crippen molar-refractivity contribution >= 4 is 5.91 Å².